The smallest absolute Gasteiger partial charge is 0.262 e. The maximum atomic E-state index is 12.8. The molecule has 0 radical (unpaired) electrons. The number of aryl methyl sites for hydroxylation is 1. The number of rotatable bonds is 3. The quantitative estimate of drug-likeness (QED) is 0.458. The van der Waals surface area contributed by atoms with Gasteiger partial charge in [-0.1, -0.05) is 0 Å². The Morgan fingerprint density at radius 1 is 1.23 bits per heavy atom. The Morgan fingerprint density at radius 2 is 1.95 bits per heavy atom. The third-order valence-electron chi connectivity index (χ3n) is 2.69. The van der Waals surface area contributed by atoms with E-state index in [-0.39, 0.29) is 16.8 Å². The van der Waals surface area contributed by atoms with Crippen molar-refractivity contribution >= 4 is 46.3 Å². The van der Waals surface area contributed by atoms with Crippen LogP contribution in [-0.4, -0.2) is 11.0 Å². The highest BCUT2D eigenvalue weighted by atomic mass is 32.1. The Labute approximate surface area is 137 Å². The summed E-state index contributed by atoms with van der Waals surface area (Å²) in [6.45, 7) is 1.98. The summed E-state index contributed by atoms with van der Waals surface area (Å²) in [5.74, 6) is -0.650. The second kappa shape index (κ2) is 7.67. The van der Waals surface area contributed by atoms with E-state index < -0.39 is 0 Å². The molecular formula is C15H14FN3OS2. The number of hydrogen-bond acceptors (Lipinski definition) is 3. The fourth-order valence-electron chi connectivity index (χ4n) is 1.56. The second-order valence-corrected chi connectivity index (χ2v) is 5.73. The van der Waals surface area contributed by atoms with Crippen molar-refractivity contribution < 1.29 is 9.18 Å². The minimum absolute atomic E-state index is 0.209. The van der Waals surface area contributed by atoms with E-state index in [0.29, 0.717) is 5.69 Å². The van der Waals surface area contributed by atoms with Gasteiger partial charge in [0.1, 0.15) is 5.82 Å². The number of carbonyl (C=O) groups excluding carboxylic acids is 1. The highest BCUT2D eigenvalue weighted by molar-refractivity contribution is 7.80. The van der Waals surface area contributed by atoms with Gasteiger partial charge in [-0.3, -0.25) is 15.6 Å². The average molecular weight is 335 g/mol. The van der Waals surface area contributed by atoms with Crippen molar-refractivity contribution in [1.82, 2.24) is 10.9 Å². The van der Waals surface area contributed by atoms with Crippen molar-refractivity contribution in [3.05, 3.63) is 58.0 Å². The first-order chi connectivity index (χ1) is 10.5. The lowest BCUT2D eigenvalue weighted by atomic mass is 10.3. The summed E-state index contributed by atoms with van der Waals surface area (Å²) in [6.07, 6.45) is 3.17. The number of hydrogen-bond donors (Lipinski definition) is 3. The topological polar surface area (TPSA) is 53.2 Å². The van der Waals surface area contributed by atoms with Gasteiger partial charge in [0, 0.05) is 16.6 Å². The molecule has 1 aromatic heterocycles. The van der Waals surface area contributed by atoms with E-state index in [2.05, 4.69) is 16.2 Å². The van der Waals surface area contributed by atoms with Crippen LogP contribution in [0.25, 0.3) is 6.08 Å². The molecule has 0 unspecified atom stereocenters. The third kappa shape index (κ3) is 4.94. The monoisotopic (exact) mass is 335 g/mol. The van der Waals surface area contributed by atoms with E-state index in [9.17, 15) is 9.18 Å². The molecule has 1 heterocycles. The van der Waals surface area contributed by atoms with Crippen LogP contribution in [0.1, 0.15) is 10.4 Å². The molecule has 0 saturated carbocycles. The normalized spacial score (nSPS) is 10.5. The molecule has 0 aliphatic heterocycles. The molecule has 1 aromatic carbocycles. The maximum absolute atomic E-state index is 12.8. The highest BCUT2D eigenvalue weighted by Gasteiger charge is 2.00. The van der Waals surface area contributed by atoms with E-state index in [4.69, 9.17) is 12.2 Å². The summed E-state index contributed by atoms with van der Waals surface area (Å²) in [4.78, 5) is 12.7. The van der Waals surface area contributed by atoms with E-state index in [1.807, 2.05) is 18.4 Å². The number of nitrogens with one attached hydrogen (secondary N) is 3. The van der Waals surface area contributed by atoms with Crippen LogP contribution >= 0.6 is 23.6 Å². The molecule has 2 rings (SSSR count). The van der Waals surface area contributed by atoms with Crippen molar-refractivity contribution in [3.8, 4) is 0 Å². The molecule has 0 spiro atoms. The number of amides is 1. The number of anilines is 1. The molecule has 0 aliphatic carbocycles. The zero-order valence-electron chi connectivity index (χ0n) is 11.7. The van der Waals surface area contributed by atoms with Gasteiger partial charge in [-0.2, -0.15) is 0 Å². The molecule has 4 nitrogen and oxygen atoms in total. The first-order valence-electron chi connectivity index (χ1n) is 6.39. The van der Waals surface area contributed by atoms with E-state index in [0.717, 1.165) is 10.4 Å². The number of halogens is 1. The van der Waals surface area contributed by atoms with Crippen LogP contribution < -0.4 is 16.2 Å². The first kappa shape index (κ1) is 16.1. The van der Waals surface area contributed by atoms with Crippen LogP contribution in [-0.2, 0) is 4.79 Å². The molecule has 0 aliphatic rings. The number of thiophene rings is 1. The van der Waals surface area contributed by atoms with Crippen molar-refractivity contribution in [1.29, 1.82) is 0 Å². The zero-order chi connectivity index (χ0) is 15.9. The Kier molecular flexibility index (Phi) is 5.62. The van der Waals surface area contributed by atoms with Gasteiger partial charge >= 0.3 is 0 Å². The lowest BCUT2D eigenvalue weighted by Gasteiger charge is -2.10. The first-order valence-corrected chi connectivity index (χ1v) is 7.68. The van der Waals surface area contributed by atoms with Gasteiger partial charge in [-0.25, -0.2) is 4.39 Å². The molecule has 0 bridgehead atoms. The summed E-state index contributed by atoms with van der Waals surface area (Å²) >= 11 is 6.58. The lowest BCUT2D eigenvalue weighted by Crippen LogP contribution is -2.43. The van der Waals surface area contributed by atoms with Crippen LogP contribution in [0.5, 0.6) is 0 Å². The average Bonchev–Trinajstić information content (AvgIpc) is 2.91. The molecule has 3 N–H and O–H groups in total. The molecule has 22 heavy (non-hydrogen) atoms. The van der Waals surface area contributed by atoms with Gasteiger partial charge in [-0.15, -0.1) is 11.3 Å². The largest absolute Gasteiger partial charge is 0.331 e. The van der Waals surface area contributed by atoms with E-state index in [1.165, 1.54) is 18.2 Å². The third-order valence-corrected chi connectivity index (χ3v) is 3.88. The summed E-state index contributed by atoms with van der Waals surface area (Å²) in [5, 5.41) is 4.99. The van der Waals surface area contributed by atoms with Crippen LogP contribution in [0.3, 0.4) is 0 Å². The summed E-state index contributed by atoms with van der Waals surface area (Å²) in [5.41, 5.74) is 6.76. The van der Waals surface area contributed by atoms with Crippen molar-refractivity contribution in [2.45, 2.75) is 6.92 Å². The Balaban J connectivity index is 1.78. The highest BCUT2D eigenvalue weighted by Crippen LogP contribution is 2.16. The van der Waals surface area contributed by atoms with Gasteiger partial charge < -0.3 is 5.32 Å². The summed E-state index contributed by atoms with van der Waals surface area (Å²) in [7, 11) is 0. The molecule has 0 fully saturated rings. The molecule has 0 atom stereocenters. The van der Waals surface area contributed by atoms with Crippen molar-refractivity contribution in [2.24, 2.45) is 0 Å². The Morgan fingerprint density at radius 3 is 2.59 bits per heavy atom. The number of hydrazine groups is 1. The summed E-state index contributed by atoms with van der Waals surface area (Å²) < 4.78 is 12.8. The van der Waals surface area contributed by atoms with Gasteiger partial charge in [0.05, 0.1) is 0 Å². The van der Waals surface area contributed by atoms with E-state index in [1.54, 1.807) is 29.5 Å². The number of thiocarbonyl (C=S) groups is 1. The van der Waals surface area contributed by atoms with Gasteiger partial charge in [0.2, 0.25) is 0 Å². The SMILES string of the molecule is Cc1ccsc1/C=C/C(=O)NNC(=S)Nc1ccc(F)cc1. The van der Waals surface area contributed by atoms with Crippen LogP contribution in [0, 0.1) is 12.7 Å². The molecule has 7 heteroatoms. The maximum Gasteiger partial charge on any atom is 0.262 e. The second-order valence-electron chi connectivity index (χ2n) is 4.38. The van der Waals surface area contributed by atoms with Crippen LogP contribution in [0.4, 0.5) is 10.1 Å². The minimum Gasteiger partial charge on any atom is -0.331 e. The Hall–Kier alpha value is -2.25. The van der Waals surface area contributed by atoms with Crippen LogP contribution in [0.15, 0.2) is 41.8 Å². The molecule has 1 amide bonds. The van der Waals surface area contributed by atoms with E-state index >= 15 is 0 Å². The fourth-order valence-corrected chi connectivity index (χ4v) is 2.55. The lowest BCUT2D eigenvalue weighted by molar-refractivity contribution is -0.116. The predicted molar refractivity (Wildman–Crippen MR) is 92.0 cm³/mol. The van der Waals surface area contributed by atoms with Crippen molar-refractivity contribution in [2.75, 3.05) is 5.32 Å². The predicted octanol–water partition coefficient (Wildman–Crippen LogP) is 3.23. The van der Waals surface area contributed by atoms with Crippen LogP contribution in [0.2, 0.25) is 0 Å². The molecular weight excluding hydrogens is 321 g/mol. The fraction of sp³-hybridized carbons (Fsp3) is 0.0667. The molecule has 0 saturated heterocycles. The molecule has 2 aromatic rings. The molecule has 114 valence electrons. The standard InChI is InChI=1S/C15H14FN3OS2/c1-10-8-9-22-13(10)6-7-14(20)18-19-15(21)17-12-4-2-11(16)3-5-12/h2-9H,1H3,(H,18,20)(H2,17,19,21)/b7-6+. The van der Waals surface area contributed by atoms with Gasteiger partial charge in [0.15, 0.2) is 5.11 Å². The number of benzene rings is 1. The van der Waals surface area contributed by atoms with Crippen molar-refractivity contribution in [3.63, 3.8) is 0 Å². The summed E-state index contributed by atoms with van der Waals surface area (Å²) in [6, 6.07) is 7.71. The zero-order valence-corrected chi connectivity index (χ0v) is 13.4. The van der Waals surface area contributed by atoms with Gasteiger partial charge in [0.25, 0.3) is 5.91 Å². The minimum atomic E-state index is -0.327. The van der Waals surface area contributed by atoms with Gasteiger partial charge in [-0.05, 0) is 66.5 Å². The Bertz CT molecular complexity index is 695. The number of carbonyl (C=O) groups is 1.